The van der Waals surface area contributed by atoms with Gasteiger partial charge in [-0.1, -0.05) is 27.7 Å². The van der Waals surface area contributed by atoms with E-state index in [2.05, 4.69) is 33.0 Å². The Balaban J connectivity index is 2.42. The third-order valence-electron chi connectivity index (χ3n) is 3.12. The van der Waals surface area contributed by atoms with E-state index in [-0.39, 0.29) is 5.75 Å². The molecule has 0 unspecified atom stereocenters. The Morgan fingerprint density at radius 1 is 1.11 bits per heavy atom. The van der Waals surface area contributed by atoms with Gasteiger partial charge in [-0.25, -0.2) is 12.7 Å². The summed E-state index contributed by atoms with van der Waals surface area (Å²) in [5.74, 6) is 1.02. The van der Waals surface area contributed by atoms with Crippen molar-refractivity contribution in [1.29, 1.82) is 0 Å². The van der Waals surface area contributed by atoms with Crippen molar-refractivity contribution in [3.05, 3.63) is 0 Å². The molecule has 1 rings (SSSR count). The lowest BCUT2D eigenvalue weighted by Gasteiger charge is -2.25. The van der Waals surface area contributed by atoms with Crippen molar-refractivity contribution in [1.82, 2.24) is 9.62 Å². The number of hydrogen-bond acceptors (Lipinski definition) is 3. The number of rotatable bonds is 10. The molecule has 4 nitrogen and oxygen atoms in total. The van der Waals surface area contributed by atoms with Gasteiger partial charge in [0.05, 0.1) is 5.75 Å². The summed E-state index contributed by atoms with van der Waals surface area (Å²) in [7, 11) is -3.10. The van der Waals surface area contributed by atoms with E-state index in [1.54, 1.807) is 4.31 Å². The molecule has 1 aliphatic carbocycles. The van der Waals surface area contributed by atoms with Crippen LogP contribution in [0.25, 0.3) is 0 Å². The highest BCUT2D eigenvalue weighted by Gasteiger charge is 2.24. The third kappa shape index (κ3) is 7.28. The van der Waals surface area contributed by atoms with E-state index >= 15 is 0 Å². The van der Waals surface area contributed by atoms with Crippen LogP contribution in [0.2, 0.25) is 0 Å². The lowest BCUT2D eigenvalue weighted by Crippen LogP contribution is -2.39. The molecule has 0 aromatic carbocycles. The van der Waals surface area contributed by atoms with Crippen LogP contribution in [-0.4, -0.2) is 44.2 Å². The number of nitrogens with one attached hydrogen (secondary N) is 1. The molecule has 0 radical (unpaired) electrons. The van der Waals surface area contributed by atoms with E-state index in [4.69, 9.17) is 0 Å². The van der Waals surface area contributed by atoms with Gasteiger partial charge in [0.1, 0.15) is 0 Å². The Morgan fingerprint density at radius 3 is 2.05 bits per heavy atom. The zero-order valence-electron chi connectivity index (χ0n) is 12.9. The molecular formula is C14H30N2O2S. The quantitative estimate of drug-likeness (QED) is 0.627. The second kappa shape index (κ2) is 7.60. The summed E-state index contributed by atoms with van der Waals surface area (Å²) in [4.78, 5) is 0. The minimum absolute atomic E-state index is 0.270. The molecule has 19 heavy (non-hydrogen) atoms. The van der Waals surface area contributed by atoms with E-state index < -0.39 is 10.0 Å². The van der Waals surface area contributed by atoms with Crippen molar-refractivity contribution < 1.29 is 8.42 Å². The van der Waals surface area contributed by atoms with Crippen LogP contribution in [0.4, 0.5) is 0 Å². The lowest BCUT2D eigenvalue weighted by molar-refractivity contribution is 0.333. The van der Waals surface area contributed by atoms with Gasteiger partial charge >= 0.3 is 0 Å². The molecule has 0 aromatic heterocycles. The van der Waals surface area contributed by atoms with Crippen LogP contribution in [0, 0.1) is 11.8 Å². The molecular weight excluding hydrogens is 260 g/mol. The summed E-state index contributed by atoms with van der Waals surface area (Å²) >= 11 is 0. The van der Waals surface area contributed by atoms with Crippen LogP contribution >= 0.6 is 0 Å². The molecule has 0 aliphatic heterocycles. The zero-order chi connectivity index (χ0) is 14.5. The molecule has 1 N–H and O–H groups in total. The molecule has 0 bridgehead atoms. The Kier molecular flexibility index (Phi) is 6.77. The van der Waals surface area contributed by atoms with Crippen LogP contribution in [-0.2, 0) is 10.0 Å². The Labute approximate surface area is 119 Å². The summed E-state index contributed by atoms with van der Waals surface area (Å²) in [6, 6.07) is 0.658. The highest BCUT2D eigenvalue weighted by Crippen LogP contribution is 2.18. The lowest BCUT2D eigenvalue weighted by atomic mass is 10.2. The van der Waals surface area contributed by atoms with E-state index in [9.17, 15) is 8.42 Å². The first-order valence-electron chi connectivity index (χ1n) is 7.52. The Bertz CT molecular complexity index is 338. The van der Waals surface area contributed by atoms with Crippen LogP contribution in [0.3, 0.4) is 0 Å². The van der Waals surface area contributed by atoms with Crippen molar-refractivity contribution in [3.63, 3.8) is 0 Å². The van der Waals surface area contributed by atoms with Crippen LogP contribution in [0.5, 0.6) is 0 Å². The summed E-state index contributed by atoms with van der Waals surface area (Å²) in [6.45, 7) is 10.4. The second-order valence-corrected chi connectivity index (χ2v) is 8.59. The van der Waals surface area contributed by atoms with Gasteiger partial charge in [-0.3, -0.25) is 0 Å². The van der Waals surface area contributed by atoms with Gasteiger partial charge < -0.3 is 5.32 Å². The molecule has 5 heteroatoms. The molecule has 0 aromatic rings. The van der Waals surface area contributed by atoms with Gasteiger partial charge in [0, 0.05) is 19.1 Å². The Hall–Kier alpha value is -0.130. The van der Waals surface area contributed by atoms with Crippen LogP contribution in [0.1, 0.15) is 47.0 Å². The fourth-order valence-electron chi connectivity index (χ4n) is 2.09. The predicted molar refractivity (Wildman–Crippen MR) is 80.7 cm³/mol. The molecule has 0 amide bonds. The van der Waals surface area contributed by atoms with Gasteiger partial charge in [0.25, 0.3) is 0 Å². The zero-order valence-corrected chi connectivity index (χ0v) is 13.7. The van der Waals surface area contributed by atoms with Gasteiger partial charge in [0.15, 0.2) is 0 Å². The maximum Gasteiger partial charge on any atom is 0.214 e. The van der Waals surface area contributed by atoms with Crippen molar-refractivity contribution in [2.24, 2.45) is 11.8 Å². The maximum absolute atomic E-state index is 12.4. The van der Waals surface area contributed by atoms with Gasteiger partial charge in [-0.15, -0.1) is 0 Å². The minimum Gasteiger partial charge on any atom is -0.314 e. The summed E-state index contributed by atoms with van der Waals surface area (Å²) in [5, 5.41) is 3.37. The smallest absolute Gasteiger partial charge is 0.214 e. The largest absolute Gasteiger partial charge is 0.314 e. The van der Waals surface area contributed by atoms with Gasteiger partial charge in [0.2, 0.25) is 10.0 Å². The van der Waals surface area contributed by atoms with Crippen molar-refractivity contribution in [2.75, 3.05) is 25.4 Å². The molecule has 0 atom stereocenters. The molecule has 0 spiro atoms. The monoisotopic (exact) mass is 290 g/mol. The predicted octanol–water partition coefficient (Wildman–Crippen LogP) is 2.07. The van der Waals surface area contributed by atoms with E-state index in [0.717, 1.165) is 6.54 Å². The highest BCUT2D eigenvalue weighted by molar-refractivity contribution is 7.89. The topological polar surface area (TPSA) is 49.4 Å². The third-order valence-corrected chi connectivity index (χ3v) is 5.01. The molecule has 0 heterocycles. The van der Waals surface area contributed by atoms with Crippen molar-refractivity contribution in [2.45, 2.75) is 53.0 Å². The normalized spacial score (nSPS) is 16.8. The average Bonchev–Trinajstić information content (AvgIpc) is 3.06. The fraction of sp³-hybridized carbons (Fsp3) is 1.00. The van der Waals surface area contributed by atoms with Crippen molar-refractivity contribution in [3.8, 4) is 0 Å². The summed E-state index contributed by atoms with van der Waals surface area (Å²) < 4.78 is 26.4. The molecule has 0 saturated heterocycles. The number of sulfonamides is 1. The summed E-state index contributed by atoms with van der Waals surface area (Å²) in [6.07, 6.45) is 3.21. The van der Waals surface area contributed by atoms with E-state index in [1.807, 2.05) is 0 Å². The minimum atomic E-state index is -3.10. The van der Waals surface area contributed by atoms with Crippen LogP contribution < -0.4 is 5.32 Å². The Morgan fingerprint density at radius 2 is 1.63 bits per heavy atom. The average molecular weight is 290 g/mol. The van der Waals surface area contributed by atoms with Crippen LogP contribution in [0.15, 0.2) is 0 Å². The fourth-order valence-corrected chi connectivity index (χ4v) is 3.91. The standard InChI is InChI=1S/C14H30N2O2S/c1-12(2)10-16(11-13(3)4)19(17,18)9-5-8-15-14-6-7-14/h12-15H,5-11H2,1-4H3. The van der Waals surface area contributed by atoms with Gasteiger partial charge in [-0.2, -0.15) is 0 Å². The van der Waals surface area contributed by atoms with E-state index in [0.29, 0.717) is 37.4 Å². The molecule has 1 saturated carbocycles. The number of hydrogen-bond donors (Lipinski definition) is 1. The molecule has 1 fully saturated rings. The summed E-state index contributed by atoms with van der Waals surface area (Å²) in [5.41, 5.74) is 0. The van der Waals surface area contributed by atoms with Gasteiger partial charge in [-0.05, 0) is 37.6 Å². The first-order valence-corrected chi connectivity index (χ1v) is 9.13. The first kappa shape index (κ1) is 16.9. The second-order valence-electron chi connectivity index (χ2n) is 6.50. The van der Waals surface area contributed by atoms with Crippen molar-refractivity contribution >= 4 is 10.0 Å². The number of nitrogens with zero attached hydrogens (tertiary/aromatic N) is 1. The highest BCUT2D eigenvalue weighted by atomic mass is 32.2. The van der Waals surface area contributed by atoms with E-state index in [1.165, 1.54) is 12.8 Å². The molecule has 1 aliphatic rings. The maximum atomic E-state index is 12.4. The SMILES string of the molecule is CC(C)CN(CC(C)C)S(=O)(=O)CCCNC1CC1. The first-order chi connectivity index (χ1) is 8.81. The molecule has 114 valence electrons.